The van der Waals surface area contributed by atoms with Gasteiger partial charge in [-0.2, -0.15) is 0 Å². The minimum atomic E-state index is -0.330. The lowest BCUT2D eigenvalue weighted by Crippen LogP contribution is -2.46. The van der Waals surface area contributed by atoms with E-state index in [2.05, 4.69) is 15.2 Å². The van der Waals surface area contributed by atoms with Crippen molar-refractivity contribution in [3.05, 3.63) is 59.0 Å². The van der Waals surface area contributed by atoms with E-state index in [9.17, 15) is 9.18 Å². The van der Waals surface area contributed by atoms with Crippen molar-refractivity contribution >= 4 is 5.95 Å². The predicted molar refractivity (Wildman–Crippen MR) is 136 cm³/mol. The first-order valence-corrected chi connectivity index (χ1v) is 13.2. The van der Waals surface area contributed by atoms with Crippen molar-refractivity contribution in [2.75, 3.05) is 31.6 Å². The molecule has 3 heterocycles. The Kier molecular flexibility index (Phi) is 6.58. The quantitative estimate of drug-likeness (QED) is 0.560. The number of nitrogens with zero attached hydrogens (tertiary/aromatic N) is 5. The number of anilines is 1. The number of hydrogen-bond acceptors (Lipinski definition) is 6. The molecule has 1 N–H and O–H groups in total. The monoisotopic (exact) mass is 492 g/mol. The van der Waals surface area contributed by atoms with E-state index in [4.69, 9.17) is 9.72 Å². The Bertz CT molecular complexity index is 1240. The fourth-order valence-corrected chi connectivity index (χ4v) is 5.69. The SMILES string of the molecule is O=c1n(C2CCC2)cc(-c2ccnc(NC3CCC(N4CCOCC4)CC3)n2)n1-c1ccc(F)cc1. The summed E-state index contributed by atoms with van der Waals surface area (Å²) >= 11 is 0. The summed E-state index contributed by atoms with van der Waals surface area (Å²) in [5.74, 6) is 0.250. The Morgan fingerprint density at radius 3 is 2.39 bits per heavy atom. The molecule has 3 fully saturated rings. The van der Waals surface area contributed by atoms with Crippen molar-refractivity contribution < 1.29 is 9.13 Å². The summed E-state index contributed by atoms with van der Waals surface area (Å²) in [6.45, 7) is 3.74. The zero-order valence-electron chi connectivity index (χ0n) is 20.5. The molecule has 1 aromatic carbocycles. The molecule has 0 radical (unpaired) electrons. The highest BCUT2D eigenvalue weighted by Gasteiger charge is 2.28. The summed E-state index contributed by atoms with van der Waals surface area (Å²) in [7, 11) is 0. The molecule has 8 nitrogen and oxygen atoms in total. The highest BCUT2D eigenvalue weighted by molar-refractivity contribution is 5.59. The lowest BCUT2D eigenvalue weighted by molar-refractivity contribution is 0.00790. The Morgan fingerprint density at radius 1 is 0.944 bits per heavy atom. The van der Waals surface area contributed by atoms with Crippen LogP contribution in [-0.4, -0.2) is 62.4 Å². The van der Waals surface area contributed by atoms with E-state index in [1.807, 2.05) is 16.8 Å². The number of hydrogen-bond donors (Lipinski definition) is 1. The van der Waals surface area contributed by atoms with Crippen LogP contribution in [0.2, 0.25) is 0 Å². The highest BCUT2D eigenvalue weighted by atomic mass is 19.1. The molecule has 190 valence electrons. The first kappa shape index (κ1) is 23.4. The molecule has 36 heavy (non-hydrogen) atoms. The predicted octanol–water partition coefficient (Wildman–Crippen LogP) is 4.02. The number of rotatable bonds is 6. The molecule has 1 saturated heterocycles. The molecule has 0 atom stereocenters. The average molecular weight is 493 g/mol. The molecule has 0 spiro atoms. The largest absolute Gasteiger partial charge is 0.379 e. The van der Waals surface area contributed by atoms with Crippen LogP contribution in [0, 0.1) is 5.82 Å². The minimum Gasteiger partial charge on any atom is -0.379 e. The third-order valence-corrected chi connectivity index (χ3v) is 7.98. The van der Waals surface area contributed by atoms with Gasteiger partial charge in [-0.3, -0.25) is 14.0 Å². The van der Waals surface area contributed by atoms with E-state index >= 15 is 0 Å². The van der Waals surface area contributed by atoms with Crippen LogP contribution in [0.15, 0.2) is 47.5 Å². The molecule has 0 unspecified atom stereocenters. The van der Waals surface area contributed by atoms with Gasteiger partial charge in [-0.1, -0.05) is 0 Å². The zero-order chi connectivity index (χ0) is 24.5. The number of halogens is 1. The van der Waals surface area contributed by atoms with Crippen LogP contribution >= 0.6 is 0 Å². The summed E-state index contributed by atoms with van der Waals surface area (Å²) in [5, 5.41) is 3.54. The van der Waals surface area contributed by atoms with Gasteiger partial charge in [-0.15, -0.1) is 0 Å². The maximum Gasteiger partial charge on any atom is 0.333 e. The van der Waals surface area contributed by atoms with Gasteiger partial charge in [0.1, 0.15) is 5.82 Å². The molecule has 6 rings (SSSR count). The lowest BCUT2D eigenvalue weighted by Gasteiger charge is -2.38. The van der Waals surface area contributed by atoms with E-state index in [1.165, 1.54) is 12.1 Å². The Hall–Kier alpha value is -3.04. The second kappa shape index (κ2) is 10.1. The normalized spacial score (nSPS) is 23.4. The number of imidazole rings is 1. The van der Waals surface area contributed by atoms with E-state index in [0.717, 1.165) is 71.2 Å². The molecular formula is C27H33FN6O2. The molecule has 9 heteroatoms. The Labute approximate surface area is 210 Å². The third-order valence-electron chi connectivity index (χ3n) is 7.98. The number of aromatic nitrogens is 4. The molecule has 3 aromatic rings. The fourth-order valence-electron chi connectivity index (χ4n) is 5.69. The molecule has 0 bridgehead atoms. The minimum absolute atomic E-state index is 0.115. The molecule has 2 aromatic heterocycles. The van der Waals surface area contributed by atoms with Crippen molar-refractivity contribution in [2.45, 2.75) is 63.1 Å². The second-order valence-electron chi connectivity index (χ2n) is 10.2. The summed E-state index contributed by atoms with van der Waals surface area (Å²) in [6.07, 6.45) is 11.2. The summed E-state index contributed by atoms with van der Waals surface area (Å²) in [4.78, 5) is 25.3. The number of nitrogens with one attached hydrogen (secondary N) is 1. The van der Waals surface area contributed by atoms with Crippen LogP contribution in [0.5, 0.6) is 0 Å². The fraction of sp³-hybridized carbons (Fsp3) is 0.519. The Morgan fingerprint density at radius 2 is 1.69 bits per heavy atom. The Balaban J connectivity index is 1.23. The lowest BCUT2D eigenvalue weighted by atomic mass is 9.90. The summed E-state index contributed by atoms with van der Waals surface area (Å²) in [6, 6.07) is 9.04. The van der Waals surface area contributed by atoms with Gasteiger partial charge >= 0.3 is 5.69 Å². The standard InChI is InChI=1S/C27H33FN6O2/c28-19-4-8-23(9-5-19)34-25(18-33(27(34)35)22-2-1-3-22)24-12-13-29-26(31-24)30-20-6-10-21(11-7-20)32-14-16-36-17-15-32/h4-5,8-9,12-13,18,20-22H,1-3,6-7,10-11,14-17H2,(H,29,30,31). The summed E-state index contributed by atoms with van der Waals surface area (Å²) < 4.78 is 22.5. The van der Waals surface area contributed by atoms with Crippen LogP contribution in [0.1, 0.15) is 51.0 Å². The molecule has 2 saturated carbocycles. The van der Waals surface area contributed by atoms with Gasteiger partial charge in [0.2, 0.25) is 5.95 Å². The number of ether oxygens (including phenoxy) is 1. The molecule has 0 amide bonds. The zero-order valence-corrected chi connectivity index (χ0v) is 20.5. The van der Waals surface area contributed by atoms with Crippen LogP contribution in [-0.2, 0) is 4.74 Å². The van der Waals surface area contributed by atoms with Gasteiger partial charge in [-0.25, -0.2) is 19.2 Å². The summed E-state index contributed by atoms with van der Waals surface area (Å²) in [5.41, 5.74) is 1.88. The van der Waals surface area contributed by atoms with Gasteiger partial charge in [-0.05, 0) is 75.3 Å². The van der Waals surface area contributed by atoms with Gasteiger partial charge in [0, 0.05) is 43.6 Å². The van der Waals surface area contributed by atoms with Crippen molar-refractivity contribution in [2.24, 2.45) is 0 Å². The molecule has 2 aliphatic carbocycles. The topological polar surface area (TPSA) is 77.2 Å². The average Bonchev–Trinajstić information content (AvgIpc) is 3.21. The van der Waals surface area contributed by atoms with E-state index < -0.39 is 0 Å². The van der Waals surface area contributed by atoms with E-state index in [1.54, 1.807) is 22.9 Å². The number of benzene rings is 1. The molecule has 3 aliphatic rings. The van der Waals surface area contributed by atoms with Crippen molar-refractivity contribution in [3.8, 4) is 17.1 Å². The smallest absolute Gasteiger partial charge is 0.333 e. The third kappa shape index (κ3) is 4.69. The van der Waals surface area contributed by atoms with Crippen molar-refractivity contribution in [3.63, 3.8) is 0 Å². The van der Waals surface area contributed by atoms with Crippen LogP contribution in [0.4, 0.5) is 10.3 Å². The molecule has 1 aliphatic heterocycles. The number of morpholine rings is 1. The van der Waals surface area contributed by atoms with Gasteiger partial charge in [0.15, 0.2) is 0 Å². The van der Waals surface area contributed by atoms with Crippen LogP contribution in [0.3, 0.4) is 0 Å². The van der Waals surface area contributed by atoms with Crippen LogP contribution < -0.4 is 11.0 Å². The van der Waals surface area contributed by atoms with E-state index in [-0.39, 0.29) is 17.5 Å². The highest BCUT2D eigenvalue weighted by Crippen LogP contribution is 2.32. The second-order valence-corrected chi connectivity index (χ2v) is 10.2. The maximum absolute atomic E-state index is 13.6. The van der Waals surface area contributed by atoms with Gasteiger partial charge < -0.3 is 10.1 Å². The first-order chi connectivity index (χ1) is 17.7. The van der Waals surface area contributed by atoms with Gasteiger partial charge in [0.05, 0.1) is 30.3 Å². The van der Waals surface area contributed by atoms with E-state index in [0.29, 0.717) is 35.1 Å². The first-order valence-electron chi connectivity index (χ1n) is 13.2. The van der Waals surface area contributed by atoms with Crippen molar-refractivity contribution in [1.29, 1.82) is 0 Å². The molecular weight excluding hydrogens is 459 g/mol. The van der Waals surface area contributed by atoms with Gasteiger partial charge in [0.25, 0.3) is 0 Å². The van der Waals surface area contributed by atoms with Crippen molar-refractivity contribution in [1.82, 2.24) is 24.0 Å². The van der Waals surface area contributed by atoms with Crippen LogP contribution in [0.25, 0.3) is 17.1 Å². The maximum atomic E-state index is 13.6.